The van der Waals surface area contributed by atoms with Crippen LogP contribution in [0.1, 0.15) is 68.5 Å². The molecule has 0 radical (unpaired) electrons. The highest BCUT2D eigenvalue weighted by atomic mass is 35.5. The number of benzene rings is 2. The van der Waals surface area contributed by atoms with Crippen LogP contribution in [-0.2, 0) is 14.3 Å². The Labute approximate surface area is 182 Å². The zero-order chi connectivity index (χ0) is 21.3. The van der Waals surface area contributed by atoms with Gasteiger partial charge in [-0.15, -0.1) is 0 Å². The molecule has 1 heterocycles. The SMILES string of the molecule is O=C(O)CCCCCCC[C@@H]1CO[C@H](c2ccccc2Cl)O[C@@H]1c1ccccc1O. The van der Waals surface area contributed by atoms with Gasteiger partial charge in [-0.2, -0.15) is 0 Å². The molecule has 0 aromatic heterocycles. The molecule has 3 rings (SSSR count). The molecule has 30 heavy (non-hydrogen) atoms. The highest BCUT2D eigenvalue weighted by molar-refractivity contribution is 6.31. The van der Waals surface area contributed by atoms with Crippen molar-refractivity contribution >= 4 is 17.6 Å². The number of rotatable bonds is 10. The molecule has 0 saturated carbocycles. The van der Waals surface area contributed by atoms with Gasteiger partial charge in [-0.05, 0) is 25.0 Å². The summed E-state index contributed by atoms with van der Waals surface area (Å²) in [6, 6.07) is 14.8. The Morgan fingerprint density at radius 1 is 0.967 bits per heavy atom. The average Bonchev–Trinajstić information content (AvgIpc) is 2.74. The first-order valence-electron chi connectivity index (χ1n) is 10.6. The lowest BCUT2D eigenvalue weighted by molar-refractivity contribution is -0.245. The number of carboxylic acid groups (broad SMARTS) is 1. The van der Waals surface area contributed by atoms with Gasteiger partial charge in [0.05, 0.1) is 12.7 Å². The Kier molecular flexibility index (Phi) is 8.55. The third-order valence-electron chi connectivity index (χ3n) is 5.53. The Morgan fingerprint density at radius 3 is 2.37 bits per heavy atom. The number of phenols is 1. The largest absolute Gasteiger partial charge is 0.508 e. The third-order valence-corrected chi connectivity index (χ3v) is 5.87. The van der Waals surface area contributed by atoms with Crippen LogP contribution in [-0.4, -0.2) is 22.8 Å². The molecule has 2 N–H and O–H groups in total. The van der Waals surface area contributed by atoms with Gasteiger partial charge in [-0.3, -0.25) is 4.79 Å². The van der Waals surface area contributed by atoms with Crippen LogP contribution in [0.4, 0.5) is 0 Å². The first-order valence-corrected chi connectivity index (χ1v) is 10.9. The number of carbonyl (C=O) groups is 1. The summed E-state index contributed by atoms with van der Waals surface area (Å²) in [7, 11) is 0. The van der Waals surface area contributed by atoms with Gasteiger partial charge in [-0.1, -0.05) is 73.7 Å². The number of carboxylic acids is 1. The normalized spacial score (nSPS) is 21.4. The maximum absolute atomic E-state index is 10.6. The third kappa shape index (κ3) is 6.21. The fraction of sp³-hybridized carbons (Fsp3) is 0.458. The van der Waals surface area contributed by atoms with E-state index in [4.69, 9.17) is 26.2 Å². The Balaban J connectivity index is 1.62. The van der Waals surface area contributed by atoms with E-state index in [9.17, 15) is 9.90 Å². The minimum Gasteiger partial charge on any atom is -0.508 e. The van der Waals surface area contributed by atoms with Crippen LogP contribution in [0.2, 0.25) is 5.02 Å². The number of ether oxygens (including phenoxy) is 2. The summed E-state index contributed by atoms with van der Waals surface area (Å²) in [6.07, 6.45) is 5.01. The second-order valence-electron chi connectivity index (χ2n) is 7.76. The lowest BCUT2D eigenvalue weighted by atomic mass is 9.89. The van der Waals surface area contributed by atoms with Gasteiger partial charge in [0.1, 0.15) is 5.75 Å². The minimum absolute atomic E-state index is 0.121. The van der Waals surface area contributed by atoms with Crippen LogP contribution in [0.25, 0.3) is 0 Å². The predicted octanol–water partition coefficient (Wildman–Crippen LogP) is 6.26. The van der Waals surface area contributed by atoms with Crippen LogP contribution in [0.15, 0.2) is 48.5 Å². The van der Waals surface area contributed by atoms with E-state index >= 15 is 0 Å². The highest BCUT2D eigenvalue weighted by Gasteiger charge is 2.35. The molecule has 3 atom stereocenters. The lowest BCUT2D eigenvalue weighted by Gasteiger charge is -2.37. The van der Waals surface area contributed by atoms with E-state index in [1.54, 1.807) is 12.1 Å². The van der Waals surface area contributed by atoms with Crippen LogP contribution < -0.4 is 0 Å². The van der Waals surface area contributed by atoms with Crippen molar-refractivity contribution < 1.29 is 24.5 Å². The molecule has 0 unspecified atom stereocenters. The molecule has 1 saturated heterocycles. The van der Waals surface area contributed by atoms with Gasteiger partial charge >= 0.3 is 5.97 Å². The van der Waals surface area contributed by atoms with Gasteiger partial charge in [0.2, 0.25) is 0 Å². The topological polar surface area (TPSA) is 76.0 Å². The molecular weight excluding hydrogens is 404 g/mol. The van der Waals surface area contributed by atoms with Gasteiger partial charge in [0, 0.05) is 28.5 Å². The molecule has 2 aromatic carbocycles. The quantitative estimate of drug-likeness (QED) is 0.433. The molecule has 1 aliphatic rings. The van der Waals surface area contributed by atoms with E-state index < -0.39 is 12.3 Å². The monoisotopic (exact) mass is 432 g/mol. The molecule has 5 nitrogen and oxygen atoms in total. The molecule has 6 heteroatoms. The minimum atomic E-state index is -0.731. The molecule has 0 spiro atoms. The number of phenolic OH excluding ortho intramolecular Hbond substituents is 1. The number of halogens is 1. The van der Waals surface area contributed by atoms with Crippen LogP contribution in [0.5, 0.6) is 5.75 Å². The Bertz CT molecular complexity index is 825. The number of para-hydroxylation sites is 1. The standard InChI is InChI=1S/C24H29ClO5/c25-20-13-8-6-11-18(20)24-29-16-17(10-4-2-1-3-5-15-22(27)28)23(30-24)19-12-7-9-14-21(19)26/h6-9,11-14,17,23-24,26H,1-5,10,15-16H2,(H,27,28)/t17-,23+,24+/m1/s1. The van der Waals surface area contributed by atoms with Gasteiger partial charge in [-0.25, -0.2) is 0 Å². The summed E-state index contributed by atoms with van der Waals surface area (Å²) in [5, 5.41) is 19.7. The van der Waals surface area contributed by atoms with Crippen molar-refractivity contribution in [3.63, 3.8) is 0 Å². The summed E-state index contributed by atoms with van der Waals surface area (Å²) in [5.41, 5.74) is 1.56. The Hall–Kier alpha value is -2.08. The van der Waals surface area contributed by atoms with Crippen molar-refractivity contribution in [2.24, 2.45) is 5.92 Å². The molecule has 0 aliphatic carbocycles. The summed E-state index contributed by atoms with van der Waals surface area (Å²) in [4.78, 5) is 10.6. The van der Waals surface area contributed by atoms with Gasteiger partial charge < -0.3 is 19.7 Å². The molecule has 1 fully saturated rings. The number of aliphatic carboxylic acids is 1. The van der Waals surface area contributed by atoms with E-state index in [0.717, 1.165) is 49.7 Å². The Morgan fingerprint density at radius 2 is 1.63 bits per heavy atom. The summed E-state index contributed by atoms with van der Waals surface area (Å²) >= 11 is 6.34. The van der Waals surface area contributed by atoms with Crippen LogP contribution in [0.3, 0.4) is 0 Å². The first-order chi connectivity index (χ1) is 14.6. The van der Waals surface area contributed by atoms with Crippen molar-refractivity contribution in [1.82, 2.24) is 0 Å². The van der Waals surface area contributed by atoms with E-state index in [1.807, 2.05) is 36.4 Å². The van der Waals surface area contributed by atoms with Crippen molar-refractivity contribution in [3.8, 4) is 5.75 Å². The van der Waals surface area contributed by atoms with Crippen molar-refractivity contribution in [2.45, 2.75) is 57.3 Å². The average molecular weight is 433 g/mol. The van der Waals surface area contributed by atoms with E-state index in [-0.39, 0.29) is 24.2 Å². The molecule has 1 aliphatic heterocycles. The van der Waals surface area contributed by atoms with Crippen LogP contribution >= 0.6 is 11.6 Å². The number of aromatic hydroxyl groups is 1. The van der Waals surface area contributed by atoms with Crippen LogP contribution in [0, 0.1) is 5.92 Å². The first kappa shape index (κ1) is 22.6. The van der Waals surface area contributed by atoms with Crippen molar-refractivity contribution in [1.29, 1.82) is 0 Å². The van der Waals surface area contributed by atoms with Crippen molar-refractivity contribution in [3.05, 3.63) is 64.7 Å². The number of hydrogen-bond donors (Lipinski definition) is 2. The summed E-state index contributed by atoms with van der Waals surface area (Å²) in [6.45, 7) is 0.522. The van der Waals surface area contributed by atoms with Gasteiger partial charge in [0.25, 0.3) is 0 Å². The van der Waals surface area contributed by atoms with E-state index in [0.29, 0.717) is 11.6 Å². The van der Waals surface area contributed by atoms with E-state index in [2.05, 4.69) is 0 Å². The molecule has 0 amide bonds. The molecule has 0 bridgehead atoms. The number of hydrogen-bond acceptors (Lipinski definition) is 4. The molecule has 2 aromatic rings. The number of unbranched alkanes of at least 4 members (excludes halogenated alkanes) is 4. The lowest BCUT2D eigenvalue weighted by Crippen LogP contribution is -2.31. The maximum atomic E-state index is 10.6. The zero-order valence-electron chi connectivity index (χ0n) is 17.0. The predicted molar refractivity (Wildman–Crippen MR) is 116 cm³/mol. The second-order valence-corrected chi connectivity index (χ2v) is 8.17. The van der Waals surface area contributed by atoms with Crippen molar-refractivity contribution in [2.75, 3.05) is 6.61 Å². The maximum Gasteiger partial charge on any atom is 0.303 e. The van der Waals surface area contributed by atoms with E-state index in [1.165, 1.54) is 0 Å². The summed E-state index contributed by atoms with van der Waals surface area (Å²) < 4.78 is 12.3. The fourth-order valence-electron chi connectivity index (χ4n) is 3.91. The fourth-order valence-corrected chi connectivity index (χ4v) is 4.14. The molecular formula is C24H29ClO5. The molecule has 162 valence electrons. The zero-order valence-corrected chi connectivity index (χ0v) is 17.8. The summed E-state index contributed by atoms with van der Waals surface area (Å²) in [5.74, 6) is -0.387. The highest BCUT2D eigenvalue weighted by Crippen LogP contribution is 2.44. The van der Waals surface area contributed by atoms with Gasteiger partial charge in [0.15, 0.2) is 6.29 Å². The smallest absolute Gasteiger partial charge is 0.303 e. The second kappa shape index (κ2) is 11.3.